The topological polar surface area (TPSA) is 39.2 Å². The number of carbonyl (C=O) groups excluding carboxylic acids is 1. The highest BCUT2D eigenvalue weighted by Crippen LogP contribution is 2.36. The van der Waals surface area contributed by atoms with Gasteiger partial charge >= 0.3 is 12.5 Å². The maximum atomic E-state index is 12.6. The standard InChI is InChI=1S/C9H4ClF6NO2/c10-2-4-1-6(8(11,12)13)5(3-18)7(17-4)19-9(14,15)16/h1,3H,2H2. The number of hydrogen-bond donors (Lipinski definition) is 0. The zero-order valence-electron chi connectivity index (χ0n) is 8.77. The van der Waals surface area contributed by atoms with Gasteiger partial charge in [-0.15, -0.1) is 24.8 Å². The van der Waals surface area contributed by atoms with Crippen LogP contribution in [-0.2, 0) is 12.1 Å². The summed E-state index contributed by atoms with van der Waals surface area (Å²) in [5, 5.41) is 0. The molecule has 0 saturated carbocycles. The van der Waals surface area contributed by atoms with Crippen molar-refractivity contribution in [3.8, 4) is 5.88 Å². The minimum absolute atomic E-state index is 0.389. The van der Waals surface area contributed by atoms with Gasteiger partial charge in [0.1, 0.15) is 0 Å². The Morgan fingerprint density at radius 3 is 2.21 bits per heavy atom. The molecule has 0 unspecified atom stereocenters. The van der Waals surface area contributed by atoms with E-state index in [1.165, 1.54) is 0 Å². The number of ether oxygens (including phenoxy) is 1. The van der Waals surface area contributed by atoms with Crippen molar-refractivity contribution >= 4 is 17.9 Å². The largest absolute Gasteiger partial charge is 0.574 e. The minimum Gasteiger partial charge on any atom is -0.387 e. The molecular formula is C9H4ClF6NO2. The van der Waals surface area contributed by atoms with Crippen molar-refractivity contribution in [3.63, 3.8) is 0 Å². The Morgan fingerprint density at radius 1 is 1.26 bits per heavy atom. The van der Waals surface area contributed by atoms with Gasteiger partial charge in [-0.2, -0.15) is 13.2 Å². The van der Waals surface area contributed by atoms with Gasteiger partial charge in [-0.05, 0) is 6.07 Å². The van der Waals surface area contributed by atoms with Gasteiger partial charge in [0, 0.05) is 0 Å². The Balaban J connectivity index is 3.48. The van der Waals surface area contributed by atoms with Crippen LogP contribution in [0, 0.1) is 0 Å². The summed E-state index contributed by atoms with van der Waals surface area (Å²) in [6, 6.07) is 0.389. The molecule has 1 heterocycles. The molecule has 3 nitrogen and oxygen atoms in total. The number of aldehydes is 1. The third-order valence-corrected chi connectivity index (χ3v) is 2.12. The summed E-state index contributed by atoms with van der Waals surface area (Å²) in [4.78, 5) is 13.7. The van der Waals surface area contributed by atoms with Crippen molar-refractivity contribution in [2.24, 2.45) is 0 Å². The smallest absolute Gasteiger partial charge is 0.387 e. The van der Waals surface area contributed by atoms with Gasteiger partial charge in [0.25, 0.3) is 0 Å². The highest BCUT2D eigenvalue weighted by atomic mass is 35.5. The second-order valence-electron chi connectivity index (χ2n) is 3.18. The molecule has 1 aromatic heterocycles. The van der Waals surface area contributed by atoms with Crippen LogP contribution in [0.15, 0.2) is 6.07 Å². The zero-order valence-corrected chi connectivity index (χ0v) is 9.53. The van der Waals surface area contributed by atoms with Crippen molar-refractivity contribution in [1.82, 2.24) is 4.98 Å². The number of halogens is 7. The SMILES string of the molecule is O=Cc1c(C(F)(F)F)cc(CCl)nc1OC(F)(F)F. The fourth-order valence-electron chi connectivity index (χ4n) is 1.19. The summed E-state index contributed by atoms with van der Waals surface area (Å²) in [6.45, 7) is 0. The molecular weight excluding hydrogens is 304 g/mol. The van der Waals surface area contributed by atoms with Gasteiger partial charge in [0.2, 0.25) is 5.88 Å². The van der Waals surface area contributed by atoms with E-state index in [2.05, 4.69) is 9.72 Å². The number of alkyl halides is 7. The average molecular weight is 308 g/mol. The van der Waals surface area contributed by atoms with Gasteiger partial charge in [0.15, 0.2) is 6.29 Å². The molecule has 0 amide bonds. The minimum atomic E-state index is -5.28. The van der Waals surface area contributed by atoms with E-state index in [1.807, 2.05) is 0 Å². The Hall–Kier alpha value is -1.51. The quantitative estimate of drug-likeness (QED) is 0.487. The molecule has 0 atom stereocenters. The second kappa shape index (κ2) is 5.24. The zero-order chi connectivity index (χ0) is 14.8. The van der Waals surface area contributed by atoms with E-state index >= 15 is 0 Å². The molecule has 0 aromatic carbocycles. The highest BCUT2D eigenvalue weighted by Gasteiger charge is 2.39. The first-order chi connectivity index (χ1) is 8.58. The summed E-state index contributed by atoms with van der Waals surface area (Å²) < 4.78 is 77.2. The average Bonchev–Trinajstić information content (AvgIpc) is 2.24. The molecule has 0 radical (unpaired) electrons. The van der Waals surface area contributed by atoms with Crippen molar-refractivity contribution in [2.75, 3.05) is 0 Å². The van der Waals surface area contributed by atoms with E-state index in [-0.39, 0.29) is 0 Å². The van der Waals surface area contributed by atoms with E-state index in [4.69, 9.17) is 11.6 Å². The first kappa shape index (κ1) is 15.5. The van der Waals surface area contributed by atoms with Crippen molar-refractivity contribution in [3.05, 3.63) is 22.9 Å². The number of carbonyl (C=O) groups is 1. The Bertz CT molecular complexity index is 485. The van der Waals surface area contributed by atoms with Crippen LogP contribution in [0.2, 0.25) is 0 Å². The third-order valence-electron chi connectivity index (χ3n) is 1.85. The predicted molar refractivity (Wildman–Crippen MR) is 50.9 cm³/mol. The summed E-state index contributed by atoms with van der Waals surface area (Å²) in [7, 11) is 0. The number of hydrogen-bond acceptors (Lipinski definition) is 3. The summed E-state index contributed by atoms with van der Waals surface area (Å²) in [5.74, 6) is -2.05. The van der Waals surface area contributed by atoms with E-state index < -0.39 is 47.4 Å². The van der Waals surface area contributed by atoms with Gasteiger partial charge in [-0.3, -0.25) is 4.79 Å². The second-order valence-corrected chi connectivity index (χ2v) is 3.44. The predicted octanol–water partition coefficient (Wildman–Crippen LogP) is 3.55. The van der Waals surface area contributed by atoms with E-state index in [0.717, 1.165) is 0 Å². The molecule has 0 fully saturated rings. The lowest BCUT2D eigenvalue weighted by Gasteiger charge is -2.15. The molecule has 0 aliphatic heterocycles. The monoisotopic (exact) mass is 307 g/mol. The third kappa shape index (κ3) is 3.98. The molecule has 0 saturated heterocycles. The van der Waals surface area contributed by atoms with Crippen molar-refractivity contribution in [2.45, 2.75) is 18.4 Å². The van der Waals surface area contributed by atoms with Crippen LogP contribution < -0.4 is 4.74 Å². The maximum Gasteiger partial charge on any atom is 0.574 e. The van der Waals surface area contributed by atoms with Crippen LogP contribution >= 0.6 is 11.6 Å². The van der Waals surface area contributed by atoms with Gasteiger partial charge in [-0.25, -0.2) is 4.98 Å². The van der Waals surface area contributed by atoms with E-state index in [1.54, 1.807) is 0 Å². The fourth-order valence-corrected chi connectivity index (χ4v) is 1.32. The number of pyridine rings is 1. The summed E-state index contributed by atoms with van der Waals surface area (Å²) >= 11 is 5.23. The number of aromatic nitrogens is 1. The number of nitrogens with zero attached hydrogens (tertiary/aromatic N) is 1. The van der Waals surface area contributed by atoms with Crippen LogP contribution in [0.4, 0.5) is 26.3 Å². The van der Waals surface area contributed by atoms with Crippen LogP contribution in [-0.4, -0.2) is 17.6 Å². The molecule has 1 aromatic rings. The molecule has 0 bridgehead atoms. The van der Waals surface area contributed by atoms with Crippen LogP contribution in [0.25, 0.3) is 0 Å². The fraction of sp³-hybridized carbons (Fsp3) is 0.333. The van der Waals surface area contributed by atoms with Crippen molar-refractivity contribution < 1.29 is 35.9 Å². The lowest BCUT2D eigenvalue weighted by molar-refractivity contribution is -0.276. The Labute approximate surface area is 107 Å². The summed E-state index contributed by atoms with van der Waals surface area (Å²) in [6.07, 6.45) is -10.7. The van der Waals surface area contributed by atoms with Crippen molar-refractivity contribution in [1.29, 1.82) is 0 Å². The first-order valence-electron chi connectivity index (χ1n) is 4.46. The lowest BCUT2D eigenvalue weighted by Crippen LogP contribution is -2.21. The first-order valence-corrected chi connectivity index (χ1v) is 5.00. The van der Waals surface area contributed by atoms with Gasteiger partial charge in [-0.1, -0.05) is 0 Å². The molecule has 0 aliphatic carbocycles. The van der Waals surface area contributed by atoms with Gasteiger partial charge < -0.3 is 4.74 Å². The number of rotatable bonds is 3. The molecule has 106 valence electrons. The van der Waals surface area contributed by atoms with Gasteiger partial charge in [0.05, 0.1) is 22.7 Å². The molecule has 0 N–H and O–H groups in total. The van der Waals surface area contributed by atoms with Crippen LogP contribution in [0.5, 0.6) is 5.88 Å². The normalized spacial score (nSPS) is 12.4. The Kier molecular flexibility index (Phi) is 4.28. The van der Waals surface area contributed by atoms with E-state index in [9.17, 15) is 31.1 Å². The molecule has 0 spiro atoms. The van der Waals surface area contributed by atoms with E-state index in [0.29, 0.717) is 6.07 Å². The summed E-state index contributed by atoms with van der Waals surface area (Å²) in [5.41, 5.74) is -3.43. The molecule has 19 heavy (non-hydrogen) atoms. The Morgan fingerprint density at radius 2 is 1.84 bits per heavy atom. The highest BCUT2D eigenvalue weighted by molar-refractivity contribution is 6.16. The molecule has 1 rings (SSSR count). The van der Waals surface area contributed by atoms with Crippen LogP contribution in [0.1, 0.15) is 21.6 Å². The van der Waals surface area contributed by atoms with Crippen LogP contribution in [0.3, 0.4) is 0 Å². The lowest BCUT2D eigenvalue weighted by atomic mass is 10.1. The maximum absolute atomic E-state index is 12.6. The molecule has 0 aliphatic rings. The molecule has 10 heteroatoms.